The van der Waals surface area contributed by atoms with E-state index in [9.17, 15) is 0 Å². The number of rotatable bonds is 6. The first kappa shape index (κ1) is 15.3. The van der Waals surface area contributed by atoms with E-state index >= 15 is 0 Å². The van der Waals surface area contributed by atoms with E-state index in [1.165, 1.54) is 10.4 Å². The van der Waals surface area contributed by atoms with Crippen LogP contribution in [0.15, 0.2) is 72.1 Å². The van der Waals surface area contributed by atoms with E-state index in [1.807, 2.05) is 18.2 Å². The molecule has 0 aliphatic rings. The molecule has 0 bridgehead atoms. The maximum absolute atomic E-state index is 6.26. The van der Waals surface area contributed by atoms with Gasteiger partial charge in [0.25, 0.3) is 0 Å². The largest absolute Gasteiger partial charge is 0.305 e. The molecule has 0 fully saturated rings. The molecule has 3 heteroatoms. The van der Waals surface area contributed by atoms with Crippen LogP contribution < -0.4 is 5.32 Å². The minimum Gasteiger partial charge on any atom is -0.305 e. The Hall–Kier alpha value is -1.61. The molecule has 0 aliphatic heterocycles. The zero-order valence-corrected chi connectivity index (χ0v) is 13.8. The van der Waals surface area contributed by atoms with Crippen molar-refractivity contribution in [3.63, 3.8) is 0 Å². The van der Waals surface area contributed by atoms with Gasteiger partial charge in [0.1, 0.15) is 0 Å². The Bertz CT molecular complexity index is 694. The molecule has 1 unspecified atom stereocenters. The average molecular weight is 328 g/mol. The molecule has 1 nitrogen and oxygen atoms in total. The quantitative estimate of drug-likeness (QED) is 0.632. The fraction of sp³-hybridized carbons (Fsp3) is 0.158. The molecular weight excluding hydrogens is 310 g/mol. The summed E-state index contributed by atoms with van der Waals surface area (Å²) in [6.07, 6.45) is 0.992. The molecule has 0 amide bonds. The van der Waals surface area contributed by atoms with E-state index in [4.69, 9.17) is 11.6 Å². The Labute approximate surface area is 140 Å². The van der Waals surface area contributed by atoms with Gasteiger partial charge in [-0.3, -0.25) is 0 Å². The molecule has 1 heterocycles. The highest BCUT2D eigenvalue weighted by Crippen LogP contribution is 2.23. The van der Waals surface area contributed by atoms with E-state index in [0.29, 0.717) is 0 Å². The summed E-state index contributed by atoms with van der Waals surface area (Å²) in [6.45, 7) is 0.768. The fourth-order valence-electron chi connectivity index (χ4n) is 2.50. The summed E-state index contributed by atoms with van der Waals surface area (Å²) in [5, 5.41) is 6.60. The van der Waals surface area contributed by atoms with Gasteiger partial charge in [0.15, 0.2) is 0 Å². The summed E-state index contributed by atoms with van der Waals surface area (Å²) < 4.78 is 0. The third-order valence-corrected chi connectivity index (χ3v) is 4.95. The summed E-state index contributed by atoms with van der Waals surface area (Å²) in [5.41, 5.74) is 2.44. The molecule has 3 aromatic rings. The Balaban J connectivity index is 1.75. The Morgan fingerprint density at radius 2 is 1.68 bits per heavy atom. The van der Waals surface area contributed by atoms with Gasteiger partial charge < -0.3 is 5.32 Å². The first-order chi connectivity index (χ1) is 10.8. The predicted octanol–water partition coefficient (Wildman–Crippen LogP) is 5.48. The van der Waals surface area contributed by atoms with Crippen LogP contribution in [0, 0.1) is 0 Å². The van der Waals surface area contributed by atoms with Crippen molar-refractivity contribution in [1.29, 1.82) is 0 Å². The summed E-state index contributed by atoms with van der Waals surface area (Å²) in [5.74, 6) is 0. The van der Waals surface area contributed by atoms with Gasteiger partial charge in [-0.2, -0.15) is 0 Å². The summed E-state index contributed by atoms with van der Waals surface area (Å²) in [6, 6.07) is 23.2. The van der Waals surface area contributed by atoms with Crippen molar-refractivity contribution >= 4 is 22.9 Å². The topological polar surface area (TPSA) is 12.0 Å². The van der Waals surface area contributed by atoms with Gasteiger partial charge in [-0.15, -0.1) is 11.3 Å². The van der Waals surface area contributed by atoms with Crippen LogP contribution in [0.5, 0.6) is 0 Å². The van der Waals surface area contributed by atoms with Crippen molar-refractivity contribution < 1.29 is 0 Å². The number of thiophene rings is 1. The van der Waals surface area contributed by atoms with Gasteiger partial charge in [-0.1, -0.05) is 66.2 Å². The fourth-order valence-corrected chi connectivity index (χ4v) is 3.45. The molecule has 3 rings (SSSR count). The predicted molar refractivity (Wildman–Crippen MR) is 95.5 cm³/mol. The molecular formula is C19H18ClNS. The molecule has 112 valence electrons. The zero-order valence-electron chi connectivity index (χ0n) is 12.2. The van der Waals surface area contributed by atoms with Crippen LogP contribution in [0.25, 0.3) is 0 Å². The summed E-state index contributed by atoms with van der Waals surface area (Å²) in [7, 11) is 0. The van der Waals surface area contributed by atoms with Gasteiger partial charge >= 0.3 is 0 Å². The summed E-state index contributed by atoms with van der Waals surface area (Å²) in [4.78, 5) is 1.39. The molecule has 0 spiro atoms. The Morgan fingerprint density at radius 1 is 0.909 bits per heavy atom. The Kier molecular flexibility index (Phi) is 5.28. The number of nitrogens with one attached hydrogen (secondary N) is 1. The molecule has 0 saturated heterocycles. The lowest BCUT2D eigenvalue weighted by Gasteiger charge is -2.19. The third-order valence-electron chi connectivity index (χ3n) is 3.68. The van der Waals surface area contributed by atoms with Crippen molar-refractivity contribution in [1.82, 2.24) is 5.32 Å². The minimum atomic E-state index is 0.288. The molecule has 0 saturated carbocycles. The molecule has 0 radical (unpaired) electrons. The van der Waals surface area contributed by atoms with Crippen molar-refractivity contribution in [2.45, 2.75) is 19.0 Å². The molecule has 1 atom stereocenters. The number of benzene rings is 2. The number of hydrogen-bond acceptors (Lipinski definition) is 2. The molecule has 0 aliphatic carbocycles. The van der Waals surface area contributed by atoms with E-state index < -0.39 is 0 Å². The lowest BCUT2D eigenvalue weighted by atomic mass is 10.0. The zero-order chi connectivity index (χ0) is 15.2. The van der Waals surface area contributed by atoms with Crippen LogP contribution in [0.4, 0.5) is 0 Å². The van der Waals surface area contributed by atoms with E-state index in [-0.39, 0.29) is 6.04 Å². The van der Waals surface area contributed by atoms with Crippen molar-refractivity contribution in [2.24, 2.45) is 0 Å². The van der Waals surface area contributed by atoms with E-state index in [2.05, 4.69) is 59.2 Å². The van der Waals surface area contributed by atoms with Crippen molar-refractivity contribution in [3.05, 3.63) is 93.1 Å². The molecule has 22 heavy (non-hydrogen) atoms. The van der Waals surface area contributed by atoms with Crippen LogP contribution in [0.1, 0.15) is 22.0 Å². The van der Waals surface area contributed by atoms with Gasteiger partial charge in [-0.05, 0) is 28.6 Å². The SMILES string of the molecule is Clc1ccccc1CNC(Cc1cccs1)c1ccccc1. The number of hydrogen-bond donors (Lipinski definition) is 1. The second-order valence-corrected chi connectivity index (χ2v) is 6.66. The monoisotopic (exact) mass is 327 g/mol. The lowest BCUT2D eigenvalue weighted by Crippen LogP contribution is -2.22. The van der Waals surface area contributed by atoms with Crippen LogP contribution >= 0.6 is 22.9 Å². The molecule has 1 N–H and O–H groups in total. The second-order valence-electron chi connectivity index (χ2n) is 5.22. The van der Waals surface area contributed by atoms with Gasteiger partial charge in [0.2, 0.25) is 0 Å². The van der Waals surface area contributed by atoms with Crippen LogP contribution in [0.3, 0.4) is 0 Å². The third kappa shape index (κ3) is 3.98. The average Bonchev–Trinajstić information content (AvgIpc) is 3.07. The first-order valence-corrected chi connectivity index (χ1v) is 8.63. The smallest absolute Gasteiger partial charge is 0.0450 e. The van der Waals surface area contributed by atoms with Gasteiger partial charge in [0.05, 0.1) is 0 Å². The van der Waals surface area contributed by atoms with Crippen molar-refractivity contribution in [3.8, 4) is 0 Å². The van der Waals surface area contributed by atoms with Gasteiger partial charge in [-0.25, -0.2) is 0 Å². The lowest BCUT2D eigenvalue weighted by molar-refractivity contribution is 0.533. The molecule has 1 aromatic heterocycles. The highest BCUT2D eigenvalue weighted by Gasteiger charge is 2.13. The highest BCUT2D eigenvalue weighted by molar-refractivity contribution is 7.09. The van der Waals surface area contributed by atoms with Crippen LogP contribution in [-0.2, 0) is 13.0 Å². The minimum absolute atomic E-state index is 0.288. The normalized spacial score (nSPS) is 12.2. The Morgan fingerprint density at radius 3 is 2.41 bits per heavy atom. The standard InChI is InChI=1S/C19H18ClNS/c20-18-11-5-4-9-16(18)14-21-19(13-17-10-6-12-22-17)15-7-2-1-3-8-15/h1-12,19,21H,13-14H2. The van der Waals surface area contributed by atoms with E-state index in [0.717, 1.165) is 23.6 Å². The maximum atomic E-state index is 6.26. The number of halogens is 1. The maximum Gasteiger partial charge on any atom is 0.0450 e. The van der Waals surface area contributed by atoms with E-state index in [1.54, 1.807) is 11.3 Å². The van der Waals surface area contributed by atoms with Crippen molar-refractivity contribution in [2.75, 3.05) is 0 Å². The van der Waals surface area contributed by atoms with Gasteiger partial charge in [0, 0.05) is 28.9 Å². The highest BCUT2D eigenvalue weighted by atomic mass is 35.5. The molecule has 2 aromatic carbocycles. The van der Waals surface area contributed by atoms with Crippen LogP contribution in [0.2, 0.25) is 5.02 Å². The summed E-state index contributed by atoms with van der Waals surface area (Å²) >= 11 is 8.06. The first-order valence-electron chi connectivity index (χ1n) is 7.37. The second kappa shape index (κ2) is 7.59. The van der Waals surface area contributed by atoms with Crippen LogP contribution in [-0.4, -0.2) is 0 Å².